The van der Waals surface area contributed by atoms with Crippen molar-refractivity contribution in [2.75, 3.05) is 44.2 Å². The van der Waals surface area contributed by atoms with Crippen LogP contribution in [0, 0.1) is 0 Å². The van der Waals surface area contributed by atoms with E-state index in [4.69, 9.17) is 4.74 Å². The second-order valence-corrected chi connectivity index (χ2v) is 9.55. The first-order valence-electron chi connectivity index (χ1n) is 10.6. The SMILES string of the molecule is CC(C)(C)c1ccc(OCCCCCCN2CCN(c3nccs3)CC2)cc1. The fraction of sp³-hybridized carbons (Fsp3) is 0.609. The molecule has 154 valence electrons. The third kappa shape index (κ3) is 6.49. The minimum Gasteiger partial charge on any atom is -0.494 e. The number of thiazole rings is 1. The van der Waals surface area contributed by atoms with Crippen LogP contribution in [0.15, 0.2) is 35.8 Å². The summed E-state index contributed by atoms with van der Waals surface area (Å²) >= 11 is 1.74. The second kappa shape index (κ2) is 10.3. The Kier molecular flexibility index (Phi) is 7.74. The summed E-state index contributed by atoms with van der Waals surface area (Å²) in [6, 6.07) is 8.57. The van der Waals surface area contributed by atoms with Crippen LogP contribution in [0.2, 0.25) is 0 Å². The van der Waals surface area contributed by atoms with Crippen LogP contribution in [-0.2, 0) is 5.41 Å². The first kappa shape index (κ1) is 21.1. The lowest BCUT2D eigenvalue weighted by Crippen LogP contribution is -2.46. The summed E-state index contributed by atoms with van der Waals surface area (Å²) in [7, 11) is 0. The normalized spacial score (nSPS) is 15.8. The number of aromatic nitrogens is 1. The summed E-state index contributed by atoms with van der Waals surface area (Å²) in [5.74, 6) is 0.992. The Morgan fingerprint density at radius 3 is 2.32 bits per heavy atom. The van der Waals surface area contributed by atoms with Gasteiger partial charge in [0.15, 0.2) is 5.13 Å². The number of rotatable bonds is 9. The Bertz CT molecular complexity index is 671. The molecule has 0 radical (unpaired) electrons. The van der Waals surface area contributed by atoms with Gasteiger partial charge in [-0.15, -0.1) is 11.3 Å². The van der Waals surface area contributed by atoms with Crippen molar-refractivity contribution in [1.29, 1.82) is 0 Å². The van der Waals surface area contributed by atoms with Crippen molar-refractivity contribution in [3.05, 3.63) is 41.4 Å². The summed E-state index contributed by atoms with van der Waals surface area (Å²) in [4.78, 5) is 9.42. The van der Waals surface area contributed by atoms with E-state index in [1.54, 1.807) is 11.3 Å². The summed E-state index contributed by atoms with van der Waals surface area (Å²) in [5.41, 5.74) is 1.55. The number of nitrogens with zero attached hydrogens (tertiary/aromatic N) is 3. The molecule has 1 fully saturated rings. The summed E-state index contributed by atoms with van der Waals surface area (Å²) in [6.45, 7) is 13.3. The van der Waals surface area contributed by atoms with Crippen LogP contribution >= 0.6 is 11.3 Å². The molecule has 2 heterocycles. The number of ether oxygens (including phenoxy) is 1. The third-order valence-corrected chi connectivity index (χ3v) is 6.25. The monoisotopic (exact) mass is 401 g/mol. The van der Waals surface area contributed by atoms with Crippen molar-refractivity contribution in [3.63, 3.8) is 0 Å². The molecule has 4 nitrogen and oxygen atoms in total. The Hall–Kier alpha value is -1.59. The maximum absolute atomic E-state index is 5.90. The van der Waals surface area contributed by atoms with E-state index in [9.17, 15) is 0 Å². The van der Waals surface area contributed by atoms with Crippen LogP contribution in [0.1, 0.15) is 52.0 Å². The summed E-state index contributed by atoms with van der Waals surface area (Å²) < 4.78 is 5.90. The van der Waals surface area contributed by atoms with Gasteiger partial charge in [0, 0.05) is 37.8 Å². The summed E-state index contributed by atoms with van der Waals surface area (Å²) in [5, 5.41) is 3.24. The number of unbranched alkanes of at least 4 members (excludes halogenated alkanes) is 3. The van der Waals surface area contributed by atoms with Crippen LogP contribution in [0.3, 0.4) is 0 Å². The van der Waals surface area contributed by atoms with Gasteiger partial charge in [0.1, 0.15) is 5.75 Å². The van der Waals surface area contributed by atoms with Crippen LogP contribution in [0.4, 0.5) is 5.13 Å². The van der Waals surface area contributed by atoms with Crippen LogP contribution in [-0.4, -0.2) is 49.2 Å². The maximum Gasteiger partial charge on any atom is 0.185 e. The molecule has 5 heteroatoms. The van der Waals surface area contributed by atoms with Gasteiger partial charge in [0.25, 0.3) is 0 Å². The highest BCUT2D eigenvalue weighted by Gasteiger charge is 2.18. The number of benzene rings is 1. The summed E-state index contributed by atoms with van der Waals surface area (Å²) in [6.07, 6.45) is 6.87. The number of hydrogen-bond acceptors (Lipinski definition) is 5. The molecule has 3 rings (SSSR count). The molecule has 0 spiro atoms. The van der Waals surface area contributed by atoms with E-state index in [1.807, 2.05) is 6.20 Å². The van der Waals surface area contributed by atoms with E-state index >= 15 is 0 Å². The lowest BCUT2D eigenvalue weighted by atomic mass is 9.87. The van der Waals surface area contributed by atoms with Gasteiger partial charge in [0.05, 0.1) is 6.61 Å². The average molecular weight is 402 g/mol. The highest BCUT2D eigenvalue weighted by Crippen LogP contribution is 2.24. The van der Waals surface area contributed by atoms with Crippen LogP contribution in [0.25, 0.3) is 0 Å². The van der Waals surface area contributed by atoms with E-state index in [0.717, 1.165) is 45.0 Å². The van der Waals surface area contributed by atoms with Gasteiger partial charge in [-0.1, -0.05) is 45.7 Å². The number of hydrogen-bond donors (Lipinski definition) is 0. The molecule has 0 atom stereocenters. The molecule has 0 saturated carbocycles. The Balaban J connectivity index is 1.21. The van der Waals surface area contributed by atoms with Gasteiger partial charge in [-0.05, 0) is 42.5 Å². The van der Waals surface area contributed by atoms with Crippen molar-refractivity contribution in [3.8, 4) is 5.75 Å². The zero-order valence-electron chi connectivity index (χ0n) is 17.7. The molecule has 28 heavy (non-hydrogen) atoms. The smallest absolute Gasteiger partial charge is 0.185 e. The second-order valence-electron chi connectivity index (χ2n) is 8.68. The molecule has 1 aromatic heterocycles. The lowest BCUT2D eigenvalue weighted by Gasteiger charge is -2.34. The van der Waals surface area contributed by atoms with Crippen molar-refractivity contribution >= 4 is 16.5 Å². The topological polar surface area (TPSA) is 28.6 Å². The van der Waals surface area contributed by atoms with Gasteiger partial charge < -0.3 is 9.64 Å². The van der Waals surface area contributed by atoms with Gasteiger partial charge in [-0.25, -0.2) is 4.98 Å². The lowest BCUT2D eigenvalue weighted by molar-refractivity contribution is 0.249. The molecule has 1 saturated heterocycles. The van der Waals surface area contributed by atoms with E-state index in [-0.39, 0.29) is 5.41 Å². The van der Waals surface area contributed by atoms with Gasteiger partial charge >= 0.3 is 0 Å². The van der Waals surface area contributed by atoms with Crippen LogP contribution < -0.4 is 9.64 Å². The fourth-order valence-corrected chi connectivity index (χ4v) is 4.26. The molecule has 1 aliphatic rings. The number of anilines is 1. The highest BCUT2D eigenvalue weighted by atomic mass is 32.1. The first-order valence-corrected chi connectivity index (χ1v) is 11.5. The fourth-order valence-electron chi connectivity index (χ4n) is 3.57. The highest BCUT2D eigenvalue weighted by molar-refractivity contribution is 7.13. The molecule has 0 unspecified atom stereocenters. The molecule has 1 aliphatic heterocycles. The van der Waals surface area contributed by atoms with Gasteiger partial charge in [-0.2, -0.15) is 0 Å². The van der Waals surface area contributed by atoms with E-state index in [0.29, 0.717) is 0 Å². The Labute approximate surface area is 174 Å². The molecule has 0 aliphatic carbocycles. The van der Waals surface area contributed by atoms with Gasteiger partial charge in [0.2, 0.25) is 0 Å². The predicted molar refractivity (Wildman–Crippen MR) is 120 cm³/mol. The molecular formula is C23H35N3OS. The largest absolute Gasteiger partial charge is 0.494 e. The zero-order chi connectivity index (χ0) is 19.8. The maximum atomic E-state index is 5.90. The van der Waals surface area contributed by atoms with E-state index in [1.165, 1.54) is 36.5 Å². The average Bonchev–Trinajstić information content (AvgIpc) is 3.22. The number of piperazine rings is 1. The minimum atomic E-state index is 0.200. The van der Waals surface area contributed by atoms with Crippen molar-refractivity contribution < 1.29 is 4.74 Å². The van der Waals surface area contributed by atoms with Crippen molar-refractivity contribution in [2.45, 2.75) is 51.9 Å². The first-order chi connectivity index (χ1) is 13.5. The van der Waals surface area contributed by atoms with Gasteiger partial charge in [-0.3, -0.25) is 4.90 Å². The molecule has 0 N–H and O–H groups in total. The molecular weight excluding hydrogens is 366 g/mol. The quantitative estimate of drug-likeness (QED) is 0.540. The molecule has 1 aromatic carbocycles. The predicted octanol–water partition coefficient (Wildman–Crippen LogP) is 5.20. The molecule has 0 amide bonds. The van der Waals surface area contributed by atoms with E-state index < -0.39 is 0 Å². The third-order valence-electron chi connectivity index (χ3n) is 5.42. The molecule has 0 bridgehead atoms. The molecule has 2 aromatic rings. The Morgan fingerprint density at radius 2 is 1.68 bits per heavy atom. The minimum absolute atomic E-state index is 0.200. The van der Waals surface area contributed by atoms with E-state index in [2.05, 4.69) is 65.2 Å². The Morgan fingerprint density at radius 1 is 0.964 bits per heavy atom. The van der Waals surface area contributed by atoms with Crippen LogP contribution in [0.5, 0.6) is 5.75 Å². The van der Waals surface area contributed by atoms with Crippen molar-refractivity contribution in [1.82, 2.24) is 9.88 Å². The van der Waals surface area contributed by atoms with Crippen molar-refractivity contribution in [2.24, 2.45) is 0 Å². The zero-order valence-corrected chi connectivity index (χ0v) is 18.5. The standard InChI is InChI=1S/C23H35N3OS/c1-23(2,3)20-8-10-21(11-9-20)27-18-7-5-4-6-13-25-14-16-26(17-15-25)22-24-12-19-28-22/h8-12,19H,4-7,13-18H2,1-3H3.